The maximum atomic E-state index is 13.5. The lowest BCUT2D eigenvalue weighted by atomic mass is 9.92. The van der Waals surface area contributed by atoms with Crippen molar-refractivity contribution in [1.29, 1.82) is 0 Å². The summed E-state index contributed by atoms with van der Waals surface area (Å²) in [6.07, 6.45) is 6.23. The van der Waals surface area contributed by atoms with Gasteiger partial charge in [-0.2, -0.15) is 5.10 Å². The van der Waals surface area contributed by atoms with Crippen LogP contribution in [0.25, 0.3) is 11.3 Å². The molecule has 8 heteroatoms. The highest BCUT2D eigenvalue weighted by Crippen LogP contribution is 2.39. The molecule has 1 unspecified atom stereocenters. The van der Waals surface area contributed by atoms with E-state index >= 15 is 0 Å². The number of hydrogen-bond donors (Lipinski definition) is 2. The first-order valence-electron chi connectivity index (χ1n) is 13.7. The number of carbonyl (C=O) groups excluding carboxylic acids is 2. The second-order valence-electron chi connectivity index (χ2n) is 10.5. The molecule has 0 radical (unpaired) electrons. The Morgan fingerprint density at radius 1 is 1.11 bits per heavy atom. The molecule has 1 heterocycles. The van der Waals surface area contributed by atoms with Crippen LogP contribution in [0.4, 0.5) is 0 Å². The second kappa shape index (κ2) is 13.5. The molecule has 2 amide bonds. The first-order valence-corrected chi connectivity index (χ1v) is 13.7. The van der Waals surface area contributed by atoms with Crippen molar-refractivity contribution in [2.45, 2.75) is 91.3 Å². The molecule has 1 aromatic heterocycles. The monoisotopic (exact) mass is 512 g/mol. The minimum absolute atomic E-state index is 0.00522. The topological polar surface area (TPSA) is 94.5 Å². The second-order valence-corrected chi connectivity index (χ2v) is 10.5. The fourth-order valence-electron chi connectivity index (χ4n) is 4.85. The van der Waals surface area contributed by atoms with Crippen molar-refractivity contribution in [1.82, 2.24) is 20.4 Å². The van der Waals surface area contributed by atoms with Gasteiger partial charge >= 0.3 is 0 Å². The van der Waals surface area contributed by atoms with Crippen molar-refractivity contribution in [3.05, 3.63) is 30.0 Å². The Morgan fingerprint density at radius 3 is 2.27 bits per heavy atom. The number of methoxy groups -OCH3 is 2. The predicted octanol–water partition coefficient (Wildman–Crippen LogP) is 5.21. The van der Waals surface area contributed by atoms with E-state index in [0.29, 0.717) is 42.0 Å². The molecule has 2 aromatic rings. The number of carbonyl (C=O) groups is 2. The van der Waals surface area contributed by atoms with Crippen LogP contribution in [0.3, 0.4) is 0 Å². The Bertz CT molecular complexity index is 1020. The quantitative estimate of drug-likeness (QED) is 0.363. The van der Waals surface area contributed by atoms with E-state index < -0.39 is 0 Å². The van der Waals surface area contributed by atoms with Gasteiger partial charge in [-0.25, -0.2) is 0 Å². The maximum Gasteiger partial charge on any atom is 0.272 e. The highest BCUT2D eigenvalue weighted by Gasteiger charge is 2.26. The van der Waals surface area contributed by atoms with E-state index in [1.54, 1.807) is 20.3 Å². The Kier molecular flexibility index (Phi) is 10.4. The Morgan fingerprint density at radius 2 is 1.76 bits per heavy atom. The van der Waals surface area contributed by atoms with Crippen molar-refractivity contribution in [3.63, 3.8) is 0 Å². The summed E-state index contributed by atoms with van der Waals surface area (Å²) in [6.45, 7) is 9.20. The number of aromatic nitrogens is 2. The molecule has 1 aliphatic carbocycles. The highest BCUT2D eigenvalue weighted by atomic mass is 16.5. The summed E-state index contributed by atoms with van der Waals surface area (Å²) < 4.78 is 13.2. The van der Waals surface area contributed by atoms with Crippen LogP contribution in [0.5, 0.6) is 11.5 Å². The molecule has 204 valence electrons. The average Bonchev–Trinajstić information content (AvgIpc) is 3.27. The minimum Gasteiger partial charge on any atom is -0.496 e. The molecule has 1 aromatic carbocycles. The standard InChI is InChI=1S/C29H44N4O4/c1-7-20(8-2)18-33-24(28-25(36-5)13-10-14-26(28)37-6)17-23(32-33)29(35)31-22(15-19(3)4)16-27(34)30-21-11-9-12-21/h10,13-14,17,19-22H,7-9,11-12,15-16,18H2,1-6H3,(H,30,34)(H,31,35). The number of rotatable bonds is 14. The van der Waals surface area contributed by atoms with E-state index in [1.165, 1.54) is 0 Å². The zero-order valence-corrected chi connectivity index (χ0v) is 23.3. The third-order valence-corrected chi connectivity index (χ3v) is 7.28. The van der Waals surface area contributed by atoms with E-state index in [-0.39, 0.29) is 30.3 Å². The molecule has 1 aliphatic rings. The maximum absolute atomic E-state index is 13.5. The molecular weight excluding hydrogens is 468 g/mol. The molecule has 0 aliphatic heterocycles. The lowest BCUT2D eigenvalue weighted by Crippen LogP contribution is -2.44. The van der Waals surface area contributed by atoms with Crippen LogP contribution in [0.2, 0.25) is 0 Å². The molecule has 2 N–H and O–H groups in total. The lowest BCUT2D eigenvalue weighted by molar-refractivity contribution is -0.122. The van der Waals surface area contributed by atoms with E-state index in [2.05, 4.69) is 38.3 Å². The zero-order chi connectivity index (χ0) is 26.9. The number of nitrogens with zero attached hydrogens (tertiary/aromatic N) is 2. The summed E-state index contributed by atoms with van der Waals surface area (Å²) >= 11 is 0. The molecule has 1 fully saturated rings. The van der Waals surface area contributed by atoms with E-state index in [1.807, 2.05) is 22.9 Å². The smallest absolute Gasteiger partial charge is 0.272 e. The largest absolute Gasteiger partial charge is 0.496 e. The van der Waals surface area contributed by atoms with Crippen molar-refractivity contribution in [2.24, 2.45) is 11.8 Å². The van der Waals surface area contributed by atoms with Gasteiger partial charge in [0.05, 0.1) is 25.5 Å². The van der Waals surface area contributed by atoms with Gasteiger partial charge < -0.3 is 20.1 Å². The van der Waals surface area contributed by atoms with Crippen LogP contribution in [0, 0.1) is 11.8 Å². The highest BCUT2D eigenvalue weighted by molar-refractivity contribution is 5.94. The molecule has 0 bridgehead atoms. The molecule has 37 heavy (non-hydrogen) atoms. The summed E-state index contributed by atoms with van der Waals surface area (Å²) in [5.41, 5.74) is 1.86. The number of hydrogen-bond acceptors (Lipinski definition) is 5. The van der Waals surface area contributed by atoms with Crippen LogP contribution >= 0.6 is 0 Å². The Balaban J connectivity index is 1.90. The van der Waals surface area contributed by atoms with Crippen LogP contribution in [0.15, 0.2) is 24.3 Å². The fourth-order valence-corrected chi connectivity index (χ4v) is 4.85. The number of nitrogens with one attached hydrogen (secondary N) is 2. The number of benzene rings is 1. The van der Waals surface area contributed by atoms with Gasteiger partial charge in [0.2, 0.25) is 5.91 Å². The molecular formula is C29H44N4O4. The van der Waals surface area contributed by atoms with Gasteiger partial charge in [0, 0.05) is 25.0 Å². The zero-order valence-electron chi connectivity index (χ0n) is 23.3. The van der Waals surface area contributed by atoms with Crippen LogP contribution in [-0.2, 0) is 11.3 Å². The lowest BCUT2D eigenvalue weighted by Gasteiger charge is -2.27. The average molecular weight is 513 g/mol. The number of amides is 2. The first kappa shape index (κ1) is 28.5. The van der Waals surface area contributed by atoms with Crippen molar-refractivity contribution >= 4 is 11.8 Å². The fraction of sp³-hybridized carbons (Fsp3) is 0.621. The molecule has 0 spiro atoms. The van der Waals surface area contributed by atoms with Gasteiger partial charge in [-0.1, -0.05) is 46.6 Å². The van der Waals surface area contributed by atoms with Gasteiger partial charge in [-0.15, -0.1) is 0 Å². The molecule has 1 saturated carbocycles. The van der Waals surface area contributed by atoms with E-state index in [0.717, 1.165) is 43.4 Å². The van der Waals surface area contributed by atoms with E-state index in [9.17, 15) is 9.59 Å². The number of ether oxygens (including phenoxy) is 2. The van der Waals surface area contributed by atoms with Gasteiger partial charge in [0.1, 0.15) is 11.5 Å². The van der Waals surface area contributed by atoms with Crippen molar-refractivity contribution < 1.29 is 19.1 Å². The minimum atomic E-state index is -0.277. The third-order valence-electron chi connectivity index (χ3n) is 7.28. The Hall–Kier alpha value is -3.03. The summed E-state index contributed by atoms with van der Waals surface area (Å²) in [7, 11) is 3.25. The summed E-state index contributed by atoms with van der Waals surface area (Å²) in [6, 6.07) is 7.46. The normalized spacial score (nSPS) is 14.4. The summed E-state index contributed by atoms with van der Waals surface area (Å²) in [4.78, 5) is 26.1. The van der Waals surface area contributed by atoms with Gasteiger partial charge in [-0.05, 0) is 55.7 Å². The van der Waals surface area contributed by atoms with Gasteiger partial charge in [-0.3, -0.25) is 14.3 Å². The molecule has 0 saturated heterocycles. The van der Waals surface area contributed by atoms with Gasteiger partial charge in [0.15, 0.2) is 5.69 Å². The molecule has 1 atom stereocenters. The SMILES string of the molecule is CCC(CC)Cn1nc(C(=O)NC(CC(=O)NC2CCC2)CC(C)C)cc1-c1c(OC)cccc1OC. The summed E-state index contributed by atoms with van der Waals surface area (Å²) in [5.74, 6) is 1.78. The van der Waals surface area contributed by atoms with Crippen molar-refractivity contribution in [2.75, 3.05) is 14.2 Å². The Labute approximate surface area is 221 Å². The van der Waals surface area contributed by atoms with Crippen molar-refractivity contribution in [3.8, 4) is 22.8 Å². The molecule has 3 rings (SSSR count). The predicted molar refractivity (Wildman–Crippen MR) is 146 cm³/mol. The van der Waals surface area contributed by atoms with E-state index in [4.69, 9.17) is 14.6 Å². The first-order chi connectivity index (χ1) is 17.8. The molecule has 8 nitrogen and oxygen atoms in total. The van der Waals surface area contributed by atoms with Crippen LogP contribution in [0.1, 0.15) is 83.1 Å². The third kappa shape index (κ3) is 7.49. The van der Waals surface area contributed by atoms with Crippen LogP contribution < -0.4 is 20.1 Å². The summed E-state index contributed by atoms with van der Waals surface area (Å²) in [5, 5.41) is 10.9. The van der Waals surface area contributed by atoms with Crippen LogP contribution in [-0.4, -0.2) is 47.9 Å². The van der Waals surface area contributed by atoms with Gasteiger partial charge in [0.25, 0.3) is 5.91 Å².